The van der Waals surface area contributed by atoms with E-state index in [1.807, 2.05) is 26.8 Å². The van der Waals surface area contributed by atoms with Crippen LogP contribution in [0.15, 0.2) is 12.3 Å². The average molecular weight is 440 g/mol. The highest BCUT2D eigenvalue weighted by atomic mass is 16.5. The van der Waals surface area contributed by atoms with Crippen LogP contribution < -0.4 is 4.90 Å². The Morgan fingerprint density at radius 3 is 2.34 bits per heavy atom. The molecule has 1 aliphatic heterocycles. The van der Waals surface area contributed by atoms with E-state index in [2.05, 4.69) is 47.3 Å². The third-order valence-electron chi connectivity index (χ3n) is 5.52. The van der Waals surface area contributed by atoms with Crippen LogP contribution in [0.2, 0.25) is 0 Å². The molecule has 0 radical (unpaired) electrons. The summed E-state index contributed by atoms with van der Waals surface area (Å²) in [5, 5.41) is 0. The largest absolute Gasteiger partial charge is 0.380 e. The van der Waals surface area contributed by atoms with Gasteiger partial charge in [-0.05, 0) is 79.2 Å². The molecule has 0 N–H and O–H groups in total. The molecule has 1 saturated heterocycles. The second kappa shape index (κ2) is 10.2. The minimum atomic E-state index is -0.215. The molecule has 1 saturated carbocycles. The number of pyridine rings is 1. The minimum Gasteiger partial charge on any atom is -0.380 e. The van der Waals surface area contributed by atoms with Gasteiger partial charge in [-0.3, -0.25) is 4.98 Å². The lowest BCUT2D eigenvalue weighted by atomic mass is 9.90. The monoisotopic (exact) mass is 439 g/mol. The molecule has 0 atom stereocenters. The summed E-state index contributed by atoms with van der Waals surface area (Å²) < 4.78 is 18.0. The summed E-state index contributed by atoms with van der Waals surface area (Å²) in [5.74, 6) is 6.09. The van der Waals surface area contributed by atoms with E-state index in [0.717, 1.165) is 44.5 Å². The minimum absolute atomic E-state index is 0.0883. The fraction of sp³-hybridized carbons (Fsp3) is 0.692. The van der Waals surface area contributed by atoms with Gasteiger partial charge in [-0.2, -0.15) is 0 Å². The molecular formula is C26H37N3O3. The van der Waals surface area contributed by atoms with Crippen molar-refractivity contribution < 1.29 is 14.2 Å². The Kier molecular flexibility index (Phi) is 7.83. The van der Waals surface area contributed by atoms with Gasteiger partial charge < -0.3 is 19.1 Å². The molecule has 174 valence electrons. The second-order valence-corrected chi connectivity index (χ2v) is 10.6. The Morgan fingerprint density at radius 1 is 1.06 bits per heavy atom. The number of aromatic nitrogens is 1. The summed E-state index contributed by atoms with van der Waals surface area (Å²) in [6.45, 7) is 21.9. The molecule has 0 amide bonds. The van der Waals surface area contributed by atoms with Crippen molar-refractivity contribution in [2.24, 2.45) is 0 Å². The van der Waals surface area contributed by atoms with Gasteiger partial charge in [0.15, 0.2) is 0 Å². The van der Waals surface area contributed by atoms with Gasteiger partial charge in [0.1, 0.15) is 12.3 Å². The molecule has 3 rings (SSSR count). The maximum atomic E-state index is 7.52. The molecular weight excluding hydrogens is 402 g/mol. The standard InChI is InChI=1S/C26H37N3O3/c1-25(2,3)30-14-8-9-19-15-24(23(27-7)18-28-19)29-12-10-20(11-13-29)31-21-16-22(17-21)32-26(4,5)6/h15,18,20-22H,10-14,16-17H2,1-6H3. The van der Waals surface area contributed by atoms with E-state index in [9.17, 15) is 0 Å². The van der Waals surface area contributed by atoms with E-state index in [1.54, 1.807) is 6.20 Å². The maximum Gasteiger partial charge on any atom is 0.227 e. The lowest BCUT2D eigenvalue weighted by molar-refractivity contribution is -0.164. The Hall–Kier alpha value is -2.12. The first-order valence-corrected chi connectivity index (χ1v) is 11.6. The smallest absolute Gasteiger partial charge is 0.227 e. The van der Waals surface area contributed by atoms with Crippen molar-refractivity contribution >= 4 is 11.4 Å². The van der Waals surface area contributed by atoms with Gasteiger partial charge in [0, 0.05) is 25.0 Å². The highest BCUT2D eigenvalue weighted by Crippen LogP contribution is 2.34. The van der Waals surface area contributed by atoms with E-state index >= 15 is 0 Å². The highest BCUT2D eigenvalue weighted by Gasteiger charge is 2.35. The summed E-state index contributed by atoms with van der Waals surface area (Å²) in [6, 6.07) is 1.93. The van der Waals surface area contributed by atoms with Crippen molar-refractivity contribution in [1.29, 1.82) is 0 Å². The van der Waals surface area contributed by atoms with Crippen molar-refractivity contribution in [3.05, 3.63) is 29.4 Å². The van der Waals surface area contributed by atoms with Crippen molar-refractivity contribution in [3.63, 3.8) is 0 Å². The number of hydrogen-bond donors (Lipinski definition) is 0. The Bertz CT molecular complexity index is 869. The van der Waals surface area contributed by atoms with Crippen LogP contribution in [0, 0.1) is 18.4 Å². The van der Waals surface area contributed by atoms with Gasteiger partial charge in [0.05, 0.1) is 36.1 Å². The number of piperidine rings is 1. The molecule has 1 aromatic rings. The van der Waals surface area contributed by atoms with Crippen molar-refractivity contribution in [2.45, 2.75) is 96.7 Å². The molecule has 0 bridgehead atoms. The molecule has 2 fully saturated rings. The predicted octanol–water partition coefficient (Wildman–Crippen LogP) is 5.13. The zero-order valence-electron chi connectivity index (χ0n) is 20.4. The lowest BCUT2D eigenvalue weighted by Gasteiger charge is -2.42. The van der Waals surface area contributed by atoms with Crippen LogP contribution in [-0.2, 0) is 14.2 Å². The fourth-order valence-electron chi connectivity index (χ4n) is 3.95. The predicted molar refractivity (Wildman–Crippen MR) is 127 cm³/mol. The molecule has 2 heterocycles. The van der Waals surface area contributed by atoms with Gasteiger partial charge in [-0.15, -0.1) is 0 Å². The van der Waals surface area contributed by atoms with Crippen molar-refractivity contribution in [2.75, 3.05) is 24.6 Å². The first-order chi connectivity index (χ1) is 15.0. The number of hydrogen-bond acceptors (Lipinski definition) is 5. The molecule has 1 aromatic heterocycles. The SMILES string of the molecule is [C-]#[N+]c1cnc(C#CCOC(C)(C)C)cc1N1CCC(OC2CC(OC(C)(C)C)C2)CC1. The summed E-state index contributed by atoms with van der Waals surface area (Å²) in [4.78, 5) is 10.3. The van der Waals surface area contributed by atoms with Crippen LogP contribution in [0.5, 0.6) is 0 Å². The normalized spacial score (nSPS) is 22.0. The van der Waals surface area contributed by atoms with Gasteiger partial charge in [-0.25, -0.2) is 4.85 Å². The van der Waals surface area contributed by atoms with Gasteiger partial charge >= 0.3 is 0 Å². The topological polar surface area (TPSA) is 48.2 Å². The van der Waals surface area contributed by atoms with Crippen LogP contribution in [-0.4, -0.2) is 54.2 Å². The third kappa shape index (κ3) is 7.48. The van der Waals surface area contributed by atoms with E-state index in [-0.39, 0.29) is 17.3 Å². The summed E-state index contributed by atoms with van der Waals surface area (Å²) in [6.07, 6.45) is 6.45. The first kappa shape index (κ1) is 24.5. The van der Waals surface area contributed by atoms with Crippen LogP contribution >= 0.6 is 0 Å². The van der Waals surface area contributed by atoms with Gasteiger partial charge in [-0.1, -0.05) is 5.92 Å². The second-order valence-electron chi connectivity index (χ2n) is 10.6. The van der Waals surface area contributed by atoms with E-state index in [0.29, 0.717) is 30.2 Å². The van der Waals surface area contributed by atoms with E-state index in [4.69, 9.17) is 20.8 Å². The zero-order chi connectivity index (χ0) is 23.4. The maximum absolute atomic E-state index is 7.52. The molecule has 0 unspecified atom stereocenters. The molecule has 0 spiro atoms. The third-order valence-corrected chi connectivity index (χ3v) is 5.52. The molecule has 32 heavy (non-hydrogen) atoms. The van der Waals surface area contributed by atoms with Crippen LogP contribution in [0.4, 0.5) is 11.4 Å². The summed E-state index contributed by atoms with van der Waals surface area (Å²) in [7, 11) is 0. The van der Waals surface area contributed by atoms with Crippen molar-refractivity contribution in [3.8, 4) is 11.8 Å². The zero-order valence-corrected chi connectivity index (χ0v) is 20.4. The fourth-order valence-corrected chi connectivity index (χ4v) is 3.95. The number of rotatable bonds is 5. The highest BCUT2D eigenvalue weighted by molar-refractivity contribution is 5.71. The van der Waals surface area contributed by atoms with Gasteiger partial charge in [0.2, 0.25) is 5.69 Å². The molecule has 0 aromatic carbocycles. The molecule has 6 nitrogen and oxygen atoms in total. The lowest BCUT2D eigenvalue weighted by Crippen LogP contribution is -2.45. The molecule has 1 aliphatic carbocycles. The van der Waals surface area contributed by atoms with Gasteiger partial charge in [0.25, 0.3) is 0 Å². The van der Waals surface area contributed by atoms with Crippen LogP contribution in [0.25, 0.3) is 4.85 Å². The number of nitrogens with zero attached hydrogens (tertiary/aromatic N) is 3. The molecule has 2 aliphatic rings. The summed E-state index contributed by atoms with van der Waals surface area (Å²) >= 11 is 0. The quantitative estimate of drug-likeness (QED) is 0.470. The van der Waals surface area contributed by atoms with E-state index < -0.39 is 0 Å². The Balaban J connectivity index is 1.51. The number of ether oxygens (including phenoxy) is 3. The van der Waals surface area contributed by atoms with Crippen LogP contribution in [0.1, 0.15) is 72.9 Å². The number of anilines is 1. The summed E-state index contributed by atoms with van der Waals surface area (Å²) in [5.41, 5.74) is 1.85. The van der Waals surface area contributed by atoms with Crippen molar-refractivity contribution in [1.82, 2.24) is 4.98 Å². The average Bonchev–Trinajstić information content (AvgIpc) is 2.68. The van der Waals surface area contributed by atoms with E-state index in [1.165, 1.54) is 0 Å². The first-order valence-electron chi connectivity index (χ1n) is 11.6. The Morgan fingerprint density at radius 2 is 1.75 bits per heavy atom. The van der Waals surface area contributed by atoms with Crippen LogP contribution in [0.3, 0.4) is 0 Å². The molecule has 6 heteroatoms. The Labute approximate surface area is 193 Å².